The smallest absolute Gasteiger partial charge is 0.0809 e. The van der Waals surface area contributed by atoms with Crippen molar-refractivity contribution < 1.29 is 10.2 Å². The van der Waals surface area contributed by atoms with Gasteiger partial charge in [0.1, 0.15) is 0 Å². The minimum atomic E-state index is -0.327. The van der Waals surface area contributed by atoms with Crippen LogP contribution in [0.2, 0.25) is 0 Å². The van der Waals surface area contributed by atoms with Gasteiger partial charge in [-0.2, -0.15) is 5.10 Å². The maximum atomic E-state index is 11.5. The first-order valence-corrected chi connectivity index (χ1v) is 12.4. The van der Waals surface area contributed by atoms with Crippen LogP contribution in [0, 0.1) is 41.4 Å². The SMILES string of the molecule is CCn1cc(/C=C2\C[C@@H]3[C@H]4CC[C@H]5C[C@@H](O)CC[C@]5(C)[C@@H]4CC[C@@]3(C)[C@@H]2O)c(C)n1. The predicted molar refractivity (Wildman–Crippen MR) is 120 cm³/mol. The third kappa shape index (κ3) is 2.97. The molecule has 2 N–H and O–H groups in total. The Hall–Kier alpha value is -1.13. The summed E-state index contributed by atoms with van der Waals surface area (Å²) in [5.74, 6) is 2.76. The van der Waals surface area contributed by atoms with Gasteiger partial charge in [-0.05, 0) is 106 Å². The van der Waals surface area contributed by atoms with E-state index in [0.717, 1.165) is 49.8 Å². The van der Waals surface area contributed by atoms with Crippen molar-refractivity contribution in [3.63, 3.8) is 0 Å². The lowest BCUT2D eigenvalue weighted by atomic mass is 9.45. The molecule has 0 amide bonds. The van der Waals surface area contributed by atoms with Crippen molar-refractivity contribution in [2.75, 3.05) is 0 Å². The lowest BCUT2D eigenvalue weighted by Gasteiger charge is -2.60. The minimum absolute atomic E-state index is 0.0129. The zero-order chi connectivity index (χ0) is 21.3. The molecule has 1 aromatic rings. The lowest BCUT2D eigenvalue weighted by Crippen LogP contribution is -2.54. The van der Waals surface area contributed by atoms with Gasteiger partial charge in [0.2, 0.25) is 0 Å². The van der Waals surface area contributed by atoms with Crippen molar-refractivity contribution in [2.45, 2.75) is 97.8 Å². The fraction of sp³-hybridized carbons (Fsp3) is 0.808. The van der Waals surface area contributed by atoms with Crippen molar-refractivity contribution in [3.05, 3.63) is 23.0 Å². The Morgan fingerprint density at radius 2 is 1.87 bits per heavy atom. The molecular formula is C26H40N2O2. The molecule has 0 aliphatic heterocycles. The van der Waals surface area contributed by atoms with E-state index in [1.807, 2.05) is 4.68 Å². The molecule has 4 fully saturated rings. The molecule has 0 saturated heterocycles. The largest absolute Gasteiger partial charge is 0.393 e. The molecule has 8 atom stereocenters. The molecule has 4 nitrogen and oxygen atoms in total. The molecule has 1 aromatic heterocycles. The third-order valence-electron chi connectivity index (χ3n) is 10.2. The zero-order valence-electron chi connectivity index (χ0n) is 19.3. The van der Waals surface area contributed by atoms with E-state index in [-0.39, 0.29) is 17.6 Å². The van der Waals surface area contributed by atoms with E-state index in [9.17, 15) is 10.2 Å². The van der Waals surface area contributed by atoms with Crippen LogP contribution in [-0.2, 0) is 6.54 Å². The molecule has 0 radical (unpaired) electrons. The number of hydrogen-bond donors (Lipinski definition) is 2. The number of aliphatic hydroxyl groups is 2. The van der Waals surface area contributed by atoms with Gasteiger partial charge in [-0.15, -0.1) is 0 Å². The highest BCUT2D eigenvalue weighted by Crippen LogP contribution is 2.67. The third-order valence-corrected chi connectivity index (χ3v) is 10.2. The standard InChI is InChI=1S/C26H40N2O2/c1-5-28-15-18(16(2)27-28)12-17-13-23-21-7-6-19-14-20(29)8-10-25(19,3)22(21)9-11-26(23,4)24(17)30/h12,15,19-24,29-30H,5-11,13-14H2,1-4H3/b17-12+/t19-,20-,21-,22+,23+,24+,25-,26+/m0/s1. The molecule has 0 spiro atoms. The summed E-state index contributed by atoms with van der Waals surface area (Å²) in [6.45, 7) is 9.97. The Labute approximate surface area is 181 Å². The number of aromatic nitrogens is 2. The number of fused-ring (bicyclic) bond motifs is 5. The molecule has 4 saturated carbocycles. The van der Waals surface area contributed by atoms with E-state index in [2.05, 4.69) is 45.1 Å². The van der Waals surface area contributed by atoms with Crippen LogP contribution >= 0.6 is 0 Å². The maximum absolute atomic E-state index is 11.5. The summed E-state index contributed by atoms with van der Waals surface area (Å²) >= 11 is 0. The highest BCUT2D eigenvalue weighted by molar-refractivity contribution is 5.56. The van der Waals surface area contributed by atoms with Crippen LogP contribution in [0.3, 0.4) is 0 Å². The summed E-state index contributed by atoms with van der Waals surface area (Å²) in [5, 5.41) is 26.3. The van der Waals surface area contributed by atoms with Crippen LogP contribution in [0.5, 0.6) is 0 Å². The van der Waals surface area contributed by atoms with E-state index >= 15 is 0 Å². The van der Waals surface area contributed by atoms with Gasteiger partial charge in [0, 0.05) is 23.7 Å². The van der Waals surface area contributed by atoms with Gasteiger partial charge in [0.05, 0.1) is 17.9 Å². The Bertz CT molecular complexity index is 844. The van der Waals surface area contributed by atoms with Crippen LogP contribution in [0.4, 0.5) is 0 Å². The van der Waals surface area contributed by atoms with Crippen molar-refractivity contribution in [1.29, 1.82) is 0 Å². The van der Waals surface area contributed by atoms with Crippen molar-refractivity contribution in [3.8, 4) is 0 Å². The predicted octanol–water partition coefficient (Wildman–Crippen LogP) is 4.97. The summed E-state index contributed by atoms with van der Waals surface area (Å²) in [7, 11) is 0. The van der Waals surface area contributed by atoms with Crippen molar-refractivity contribution in [2.24, 2.45) is 34.5 Å². The van der Waals surface area contributed by atoms with Gasteiger partial charge < -0.3 is 10.2 Å². The van der Waals surface area contributed by atoms with Crippen LogP contribution in [0.1, 0.15) is 83.4 Å². The first-order valence-electron chi connectivity index (χ1n) is 12.4. The highest BCUT2D eigenvalue weighted by atomic mass is 16.3. The van der Waals surface area contributed by atoms with Gasteiger partial charge in [0.25, 0.3) is 0 Å². The Kier molecular flexibility index (Phi) is 4.98. The lowest BCUT2D eigenvalue weighted by molar-refractivity contribution is -0.133. The molecule has 1 heterocycles. The number of rotatable bonds is 2. The van der Waals surface area contributed by atoms with Gasteiger partial charge in [-0.1, -0.05) is 13.8 Å². The molecule has 0 bridgehead atoms. The molecular weight excluding hydrogens is 372 g/mol. The molecule has 0 aromatic carbocycles. The second-order valence-electron chi connectivity index (χ2n) is 11.5. The fourth-order valence-electron chi connectivity index (χ4n) is 8.27. The van der Waals surface area contributed by atoms with Crippen LogP contribution < -0.4 is 0 Å². The number of aliphatic hydroxyl groups excluding tert-OH is 2. The number of hydrogen-bond acceptors (Lipinski definition) is 3. The van der Waals surface area contributed by atoms with E-state index < -0.39 is 0 Å². The van der Waals surface area contributed by atoms with Gasteiger partial charge in [-0.3, -0.25) is 4.68 Å². The Balaban J connectivity index is 1.44. The molecule has 30 heavy (non-hydrogen) atoms. The summed E-state index contributed by atoms with van der Waals surface area (Å²) in [5.41, 5.74) is 3.86. The van der Waals surface area contributed by atoms with Gasteiger partial charge in [-0.25, -0.2) is 0 Å². The van der Waals surface area contributed by atoms with Crippen molar-refractivity contribution >= 4 is 6.08 Å². The number of nitrogens with zero attached hydrogens (tertiary/aromatic N) is 2. The molecule has 4 aliphatic rings. The van der Waals surface area contributed by atoms with E-state index in [1.165, 1.54) is 36.8 Å². The Morgan fingerprint density at radius 1 is 1.10 bits per heavy atom. The topological polar surface area (TPSA) is 58.3 Å². The average Bonchev–Trinajstić information content (AvgIpc) is 3.20. The molecule has 5 rings (SSSR count). The maximum Gasteiger partial charge on any atom is 0.0809 e. The molecule has 4 aliphatic carbocycles. The quantitative estimate of drug-likeness (QED) is 0.721. The first-order chi connectivity index (χ1) is 14.3. The second kappa shape index (κ2) is 7.20. The van der Waals surface area contributed by atoms with Crippen LogP contribution in [0.15, 0.2) is 11.8 Å². The summed E-state index contributed by atoms with van der Waals surface area (Å²) in [6, 6.07) is 0. The summed E-state index contributed by atoms with van der Waals surface area (Å²) < 4.78 is 1.99. The highest BCUT2D eigenvalue weighted by Gasteiger charge is 2.61. The number of aryl methyl sites for hydroxylation is 2. The summed E-state index contributed by atoms with van der Waals surface area (Å²) in [4.78, 5) is 0. The van der Waals surface area contributed by atoms with Gasteiger partial charge >= 0.3 is 0 Å². The van der Waals surface area contributed by atoms with E-state index in [4.69, 9.17) is 0 Å². The summed E-state index contributed by atoms with van der Waals surface area (Å²) in [6.07, 6.45) is 13.1. The van der Waals surface area contributed by atoms with Crippen molar-refractivity contribution in [1.82, 2.24) is 9.78 Å². The zero-order valence-corrected chi connectivity index (χ0v) is 19.3. The monoisotopic (exact) mass is 412 g/mol. The Morgan fingerprint density at radius 3 is 2.60 bits per heavy atom. The fourth-order valence-corrected chi connectivity index (χ4v) is 8.27. The molecule has 4 heteroatoms. The van der Waals surface area contributed by atoms with Gasteiger partial charge in [0.15, 0.2) is 0 Å². The molecule has 0 unspecified atom stereocenters. The second-order valence-corrected chi connectivity index (χ2v) is 11.5. The average molecular weight is 413 g/mol. The first kappa shape index (κ1) is 20.8. The minimum Gasteiger partial charge on any atom is -0.393 e. The van der Waals surface area contributed by atoms with E-state index in [0.29, 0.717) is 17.3 Å². The van der Waals surface area contributed by atoms with Crippen LogP contribution in [-0.4, -0.2) is 32.2 Å². The normalized spacial score (nSPS) is 47.1. The van der Waals surface area contributed by atoms with Crippen LogP contribution in [0.25, 0.3) is 6.08 Å². The molecule has 166 valence electrons. The van der Waals surface area contributed by atoms with E-state index in [1.54, 1.807) is 0 Å².